The van der Waals surface area contributed by atoms with Crippen molar-refractivity contribution in [3.8, 4) is 0 Å². The molecular weight excluding hydrogens is 300 g/mol. The molecule has 0 spiro atoms. The molecule has 7 heteroatoms. The zero-order valence-corrected chi connectivity index (χ0v) is 13.2. The molecule has 0 saturated carbocycles. The van der Waals surface area contributed by atoms with Gasteiger partial charge in [-0.3, -0.25) is 9.69 Å². The first kappa shape index (κ1) is 16.9. The highest BCUT2D eigenvalue weighted by Crippen LogP contribution is 2.19. The number of carbonyl (C=O) groups is 2. The van der Waals surface area contributed by atoms with Gasteiger partial charge in [0.2, 0.25) is 0 Å². The minimum Gasteiger partial charge on any atom is -0.477 e. The molecule has 2 rings (SSSR count). The van der Waals surface area contributed by atoms with Gasteiger partial charge in [0, 0.05) is 32.2 Å². The van der Waals surface area contributed by atoms with Crippen molar-refractivity contribution in [2.75, 3.05) is 26.2 Å². The van der Waals surface area contributed by atoms with E-state index in [-0.39, 0.29) is 23.2 Å². The topological polar surface area (TPSA) is 60.9 Å². The molecule has 0 atom stereocenters. The summed E-state index contributed by atoms with van der Waals surface area (Å²) < 4.78 is 0. The molecule has 0 bridgehead atoms. The Morgan fingerprint density at radius 2 is 1.70 bits per heavy atom. The van der Waals surface area contributed by atoms with Crippen LogP contribution in [0, 0.1) is 0 Å². The van der Waals surface area contributed by atoms with Gasteiger partial charge in [-0.25, -0.2) is 4.79 Å². The van der Waals surface area contributed by atoms with Gasteiger partial charge in [0.25, 0.3) is 5.91 Å². The molecular formula is C13H19ClN2O3S. The molecule has 1 aromatic heterocycles. The van der Waals surface area contributed by atoms with E-state index in [1.165, 1.54) is 6.07 Å². The smallest absolute Gasteiger partial charge is 0.345 e. The Hall–Kier alpha value is -1.11. The van der Waals surface area contributed by atoms with Crippen LogP contribution < -0.4 is 0 Å². The number of carbonyl (C=O) groups excluding carboxylic acids is 1. The van der Waals surface area contributed by atoms with Crippen LogP contribution in [0.3, 0.4) is 0 Å². The van der Waals surface area contributed by atoms with E-state index in [4.69, 9.17) is 5.11 Å². The largest absolute Gasteiger partial charge is 0.477 e. The van der Waals surface area contributed by atoms with Crippen LogP contribution in [-0.4, -0.2) is 59.0 Å². The molecule has 112 valence electrons. The Balaban J connectivity index is 0.00000200. The number of hydrogen-bond donors (Lipinski definition) is 1. The van der Waals surface area contributed by atoms with Crippen molar-refractivity contribution in [1.82, 2.24) is 9.80 Å². The quantitative estimate of drug-likeness (QED) is 0.926. The molecule has 5 nitrogen and oxygen atoms in total. The van der Waals surface area contributed by atoms with E-state index in [1.807, 2.05) is 0 Å². The van der Waals surface area contributed by atoms with Crippen molar-refractivity contribution in [1.29, 1.82) is 0 Å². The van der Waals surface area contributed by atoms with Crippen LogP contribution >= 0.6 is 23.7 Å². The van der Waals surface area contributed by atoms with Gasteiger partial charge >= 0.3 is 5.97 Å². The molecule has 1 fully saturated rings. The number of thiophene rings is 1. The van der Waals surface area contributed by atoms with Gasteiger partial charge in [-0.15, -0.1) is 23.7 Å². The van der Waals surface area contributed by atoms with Crippen molar-refractivity contribution in [3.63, 3.8) is 0 Å². The van der Waals surface area contributed by atoms with Crippen molar-refractivity contribution < 1.29 is 14.7 Å². The van der Waals surface area contributed by atoms with Crippen molar-refractivity contribution in [2.24, 2.45) is 0 Å². The summed E-state index contributed by atoms with van der Waals surface area (Å²) in [5, 5.41) is 8.86. The molecule has 1 aliphatic rings. The molecule has 20 heavy (non-hydrogen) atoms. The summed E-state index contributed by atoms with van der Waals surface area (Å²) in [7, 11) is 0. The third-order valence-electron chi connectivity index (χ3n) is 3.36. The summed E-state index contributed by atoms with van der Waals surface area (Å²) >= 11 is 1.05. The number of aromatic carboxylic acids is 1. The summed E-state index contributed by atoms with van der Waals surface area (Å²) in [6.07, 6.45) is 0. The number of rotatable bonds is 3. The van der Waals surface area contributed by atoms with Gasteiger partial charge in [-0.05, 0) is 26.0 Å². The maximum absolute atomic E-state index is 12.2. The van der Waals surface area contributed by atoms with E-state index in [0.717, 1.165) is 24.4 Å². The molecule has 1 aliphatic heterocycles. The average molecular weight is 319 g/mol. The van der Waals surface area contributed by atoms with Crippen LogP contribution in [-0.2, 0) is 0 Å². The summed E-state index contributed by atoms with van der Waals surface area (Å²) in [5.74, 6) is -1.03. The monoisotopic (exact) mass is 318 g/mol. The van der Waals surface area contributed by atoms with Gasteiger partial charge in [0.1, 0.15) is 4.88 Å². The van der Waals surface area contributed by atoms with E-state index < -0.39 is 5.97 Å². The Morgan fingerprint density at radius 3 is 2.15 bits per heavy atom. The summed E-state index contributed by atoms with van der Waals surface area (Å²) in [6.45, 7) is 7.46. The minimum atomic E-state index is -0.978. The molecule has 1 saturated heterocycles. The highest BCUT2D eigenvalue weighted by Gasteiger charge is 2.24. The molecule has 1 aromatic rings. The Kier molecular flexibility index (Phi) is 5.98. The highest BCUT2D eigenvalue weighted by molar-refractivity contribution is 7.15. The molecule has 0 unspecified atom stereocenters. The lowest BCUT2D eigenvalue weighted by atomic mass is 10.2. The van der Waals surface area contributed by atoms with Crippen molar-refractivity contribution in [2.45, 2.75) is 19.9 Å². The maximum Gasteiger partial charge on any atom is 0.345 e. The third kappa shape index (κ3) is 3.71. The lowest BCUT2D eigenvalue weighted by Gasteiger charge is -2.36. The lowest BCUT2D eigenvalue weighted by molar-refractivity contribution is 0.0600. The average Bonchev–Trinajstić information content (AvgIpc) is 2.87. The summed E-state index contributed by atoms with van der Waals surface area (Å²) in [5.41, 5.74) is 0. The molecule has 1 amide bonds. The van der Waals surface area contributed by atoms with Crippen LogP contribution in [0.1, 0.15) is 33.2 Å². The fourth-order valence-corrected chi connectivity index (χ4v) is 2.98. The standard InChI is InChI=1S/C13H18N2O3S.ClH/c1-9(2)14-5-7-15(8-6-14)12(16)10-3-4-11(19-10)13(17)18;/h3-4,9H,5-8H2,1-2H3,(H,17,18);1H. The van der Waals surface area contributed by atoms with Gasteiger partial charge in [-0.1, -0.05) is 0 Å². The van der Waals surface area contributed by atoms with E-state index in [1.54, 1.807) is 11.0 Å². The molecule has 1 N–H and O–H groups in total. The first-order valence-electron chi connectivity index (χ1n) is 6.35. The van der Waals surface area contributed by atoms with Gasteiger partial charge in [-0.2, -0.15) is 0 Å². The Labute approximate surface area is 128 Å². The first-order valence-corrected chi connectivity index (χ1v) is 7.17. The van der Waals surface area contributed by atoms with Gasteiger partial charge in [0.15, 0.2) is 0 Å². The van der Waals surface area contributed by atoms with Crippen molar-refractivity contribution in [3.05, 3.63) is 21.9 Å². The summed E-state index contributed by atoms with van der Waals surface area (Å²) in [6, 6.07) is 3.59. The maximum atomic E-state index is 12.2. The fourth-order valence-electron chi connectivity index (χ4n) is 2.17. The van der Waals surface area contributed by atoms with Gasteiger partial charge < -0.3 is 10.0 Å². The third-order valence-corrected chi connectivity index (χ3v) is 4.42. The first-order chi connectivity index (χ1) is 8.99. The molecule has 0 aliphatic carbocycles. The zero-order chi connectivity index (χ0) is 14.0. The Morgan fingerprint density at radius 1 is 1.15 bits per heavy atom. The lowest BCUT2D eigenvalue weighted by Crippen LogP contribution is -2.50. The van der Waals surface area contributed by atoms with Gasteiger partial charge in [0.05, 0.1) is 4.88 Å². The zero-order valence-electron chi connectivity index (χ0n) is 11.5. The van der Waals surface area contributed by atoms with E-state index in [9.17, 15) is 9.59 Å². The number of amides is 1. The second-order valence-electron chi connectivity index (χ2n) is 4.89. The van der Waals surface area contributed by atoms with E-state index in [0.29, 0.717) is 24.0 Å². The molecule has 0 radical (unpaired) electrons. The predicted octanol–water partition coefficient (Wildman–Crippen LogP) is 2.03. The van der Waals surface area contributed by atoms with E-state index in [2.05, 4.69) is 18.7 Å². The minimum absolute atomic E-state index is 0. The molecule has 0 aromatic carbocycles. The van der Waals surface area contributed by atoms with Crippen LogP contribution in [0.5, 0.6) is 0 Å². The van der Waals surface area contributed by atoms with Crippen molar-refractivity contribution >= 4 is 35.6 Å². The number of halogens is 1. The number of carboxylic acids is 1. The number of hydrogen-bond acceptors (Lipinski definition) is 4. The normalized spacial score (nSPS) is 16.1. The van der Waals surface area contributed by atoms with Crippen LogP contribution in [0.4, 0.5) is 0 Å². The second kappa shape index (κ2) is 7.06. The summed E-state index contributed by atoms with van der Waals surface area (Å²) in [4.78, 5) is 27.9. The number of piperazine rings is 1. The van der Waals surface area contributed by atoms with Crippen LogP contribution in [0.2, 0.25) is 0 Å². The highest BCUT2D eigenvalue weighted by atomic mass is 35.5. The number of nitrogens with zero attached hydrogens (tertiary/aromatic N) is 2. The van der Waals surface area contributed by atoms with E-state index >= 15 is 0 Å². The Bertz CT molecular complexity index is 482. The predicted molar refractivity (Wildman–Crippen MR) is 81.1 cm³/mol. The SMILES string of the molecule is CC(C)N1CCN(C(=O)c2ccc(C(=O)O)s2)CC1.Cl. The van der Waals surface area contributed by atoms with Crippen LogP contribution in [0.15, 0.2) is 12.1 Å². The number of carboxylic acid groups (broad SMARTS) is 1. The molecule has 2 heterocycles. The second-order valence-corrected chi connectivity index (χ2v) is 5.97. The van der Waals surface area contributed by atoms with Crippen LogP contribution in [0.25, 0.3) is 0 Å². The fraction of sp³-hybridized carbons (Fsp3) is 0.538.